The Labute approximate surface area is 138 Å². The molecule has 5 heteroatoms. The molecule has 2 aromatic heterocycles. The molecule has 0 saturated heterocycles. The zero-order valence-electron chi connectivity index (χ0n) is 13.6. The first-order valence-corrected chi connectivity index (χ1v) is 9.16. The molecule has 1 aromatic carbocycles. The van der Waals surface area contributed by atoms with Gasteiger partial charge in [-0.2, -0.15) is 0 Å². The Morgan fingerprint density at radius 3 is 2.78 bits per heavy atom. The number of fused-ring (bicyclic) bond motifs is 1. The second kappa shape index (κ2) is 6.62. The predicted molar refractivity (Wildman–Crippen MR) is 92.6 cm³/mol. The van der Waals surface area contributed by atoms with Crippen molar-refractivity contribution in [3.05, 3.63) is 59.4 Å². The molecule has 0 fully saturated rings. The lowest BCUT2D eigenvalue weighted by atomic mass is 10.1. The van der Waals surface area contributed by atoms with Crippen LogP contribution >= 0.6 is 0 Å². The van der Waals surface area contributed by atoms with E-state index in [1.165, 1.54) is 6.39 Å². The van der Waals surface area contributed by atoms with E-state index in [-0.39, 0.29) is 5.92 Å². The first kappa shape index (κ1) is 15.9. The predicted octanol–water partition coefficient (Wildman–Crippen LogP) is 4.10. The first-order valence-electron chi connectivity index (χ1n) is 7.67. The Hall–Kier alpha value is -2.01. The molecule has 23 heavy (non-hydrogen) atoms. The Morgan fingerprint density at radius 1 is 1.22 bits per heavy atom. The molecule has 0 N–H and O–H groups in total. The van der Waals surface area contributed by atoms with Crippen molar-refractivity contribution in [1.82, 2.24) is 9.97 Å². The fourth-order valence-electron chi connectivity index (χ4n) is 2.75. The van der Waals surface area contributed by atoms with Crippen LogP contribution in [-0.4, -0.2) is 14.2 Å². The molecule has 0 radical (unpaired) electrons. The summed E-state index contributed by atoms with van der Waals surface area (Å²) in [7, 11) is -1.04. The van der Waals surface area contributed by atoms with Crippen molar-refractivity contribution < 1.29 is 8.63 Å². The van der Waals surface area contributed by atoms with E-state index in [4.69, 9.17) is 4.42 Å². The summed E-state index contributed by atoms with van der Waals surface area (Å²) in [6, 6.07) is 10.00. The van der Waals surface area contributed by atoms with E-state index in [0.717, 1.165) is 33.6 Å². The molecule has 120 valence electrons. The highest BCUT2D eigenvalue weighted by atomic mass is 32.2. The quantitative estimate of drug-likeness (QED) is 0.707. The summed E-state index contributed by atoms with van der Waals surface area (Å²) in [5.41, 5.74) is 3.76. The van der Waals surface area contributed by atoms with E-state index in [1.54, 1.807) is 0 Å². The van der Waals surface area contributed by atoms with Gasteiger partial charge in [0, 0.05) is 33.6 Å². The lowest BCUT2D eigenvalue weighted by Gasteiger charge is -2.08. The smallest absolute Gasteiger partial charge is 0.181 e. The van der Waals surface area contributed by atoms with Crippen LogP contribution in [-0.2, 0) is 22.3 Å². The van der Waals surface area contributed by atoms with Crippen LogP contribution in [0.3, 0.4) is 0 Å². The van der Waals surface area contributed by atoms with Crippen LogP contribution in [0, 0.1) is 6.92 Å². The molecule has 0 bridgehead atoms. The number of hydrogen-bond acceptors (Lipinski definition) is 4. The number of benzene rings is 1. The fraction of sp³-hybridized carbons (Fsp3) is 0.333. The van der Waals surface area contributed by atoms with Gasteiger partial charge in [0.1, 0.15) is 5.76 Å². The van der Waals surface area contributed by atoms with E-state index >= 15 is 0 Å². The summed E-state index contributed by atoms with van der Waals surface area (Å²) in [6.45, 7) is 6.06. The molecular weight excluding hydrogens is 308 g/mol. The molecule has 2 heterocycles. The van der Waals surface area contributed by atoms with Crippen LogP contribution in [0.25, 0.3) is 10.9 Å². The average Bonchev–Trinajstić information content (AvgIpc) is 2.95. The minimum Gasteiger partial charge on any atom is -0.448 e. The molecule has 4 nitrogen and oxygen atoms in total. The second-order valence-electron chi connectivity index (χ2n) is 5.99. The average molecular weight is 328 g/mol. The van der Waals surface area contributed by atoms with Crippen molar-refractivity contribution >= 4 is 21.7 Å². The number of nitrogens with zero attached hydrogens (tertiary/aromatic N) is 2. The highest BCUT2D eigenvalue weighted by Gasteiger charge is 2.16. The third-order valence-electron chi connectivity index (χ3n) is 3.74. The lowest BCUT2D eigenvalue weighted by Crippen LogP contribution is -2.04. The van der Waals surface area contributed by atoms with Crippen LogP contribution in [0.2, 0.25) is 0 Å². The van der Waals surface area contributed by atoms with Crippen LogP contribution in [0.5, 0.6) is 0 Å². The summed E-state index contributed by atoms with van der Waals surface area (Å²) in [4.78, 5) is 8.76. The number of pyridine rings is 1. The molecule has 0 unspecified atom stereocenters. The maximum atomic E-state index is 12.6. The zero-order valence-corrected chi connectivity index (χ0v) is 14.4. The number of para-hydroxylation sites is 1. The van der Waals surface area contributed by atoms with Crippen LogP contribution in [0.1, 0.15) is 42.5 Å². The summed E-state index contributed by atoms with van der Waals surface area (Å²) < 4.78 is 18.0. The van der Waals surface area contributed by atoms with Gasteiger partial charge in [-0.15, -0.1) is 0 Å². The van der Waals surface area contributed by atoms with Crippen molar-refractivity contribution in [2.45, 2.75) is 38.2 Å². The second-order valence-corrected chi connectivity index (χ2v) is 7.44. The Morgan fingerprint density at radius 2 is 2.00 bits per heavy atom. The first-order chi connectivity index (χ1) is 11.0. The van der Waals surface area contributed by atoms with E-state index in [9.17, 15) is 4.21 Å². The van der Waals surface area contributed by atoms with Crippen molar-refractivity contribution in [3.63, 3.8) is 0 Å². The molecule has 0 amide bonds. The molecular formula is C18H20N2O2S. The fourth-order valence-corrected chi connectivity index (χ4v) is 3.96. The van der Waals surface area contributed by atoms with Gasteiger partial charge in [0.25, 0.3) is 0 Å². The van der Waals surface area contributed by atoms with Gasteiger partial charge >= 0.3 is 0 Å². The number of oxazole rings is 1. The zero-order chi connectivity index (χ0) is 16.4. The summed E-state index contributed by atoms with van der Waals surface area (Å²) in [6.07, 6.45) is 1.44. The van der Waals surface area contributed by atoms with Gasteiger partial charge in [0.05, 0.1) is 17.0 Å². The molecule has 0 aliphatic carbocycles. The minimum atomic E-state index is -1.04. The molecule has 0 saturated carbocycles. The van der Waals surface area contributed by atoms with Crippen LogP contribution in [0.15, 0.2) is 41.1 Å². The van der Waals surface area contributed by atoms with Crippen molar-refractivity contribution in [1.29, 1.82) is 0 Å². The third kappa shape index (κ3) is 3.50. The number of hydrogen-bond donors (Lipinski definition) is 0. The maximum absolute atomic E-state index is 12.6. The van der Waals surface area contributed by atoms with Crippen LogP contribution < -0.4 is 0 Å². The van der Waals surface area contributed by atoms with Gasteiger partial charge in [-0.3, -0.25) is 9.19 Å². The standard InChI is InChI=1S/C18H20N2O2S/c1-12(2)18-17(19-11-22-18)10-23(21)9-14-8-13(3)20-16-7-5-4-6-15(14)16/h4-8,11-12H,9-10H2,1-3H3/t23-/m1/s1. The minimum absolute atomic E-state index is 0.244. The van der Waals surface area contributed by atoms with Crippen molar-refractivity contribution in [2.24, 2.45) is 0 Å². The van der Waals surface area contributed by atoms with Gasteiger partial charge in [-0.1, -0.05) is 32.0 Å². The summed E-state index contributed by atoms with van der Waals surface area (Å²) in [5, 5.41) is 1.07. The number of aromatic nitrogens is 2. The van der Waals surface area contributed by atoms with E-state index in [1.807, 2.05) is 51.1 Å². The number of aryl methyl sites for hydroxylation is 1. The molecule has 0 aliphatic heterocycles. The topological polar surface area (TPSA) is 56.0 Å². The van der Waals surface area contributed by atoms with Crippen LogP contribution in [0.4, 0.5) is 0 Å². The molecule has 3 rings (SSSR count). The van der Waals surface area contributed by atoms with E-state index < -0.39 is 10.8 Å². The molecule has 0 aliphatic rings. The van der Waals surface area contributed by atoms with E-state index in [2.05, 4.69) is 9.97 Å². The van der Waals surface area contributed by atoms with Gasteiger partial charge in [0.2, 0.25) is 0 Å². The van der Waals surface area contributed by atoms with Gasteiger partial charge < -0.3 is 4.42 Å². The highest BCUT2D eigenvalue weighted by molar-refractivity contribution is 7.83. The largest absolute Gasteiger partial charge is 0.448 e. The SMILES string of the molecule is Cc1cc(C[S@@](=O)Cc2ncoc2C(C)C)c2ccccc2n1. The Bertz CT molecular complexity index is 855. The monoisotopic (exact) mass is 328 g/mol. The third-order valence-corrected chi connectivity index (χ3v) is 4.97. The lowest BCUT2D eigenvalue weighted by molar-refractivity contribution is 0.480. The molecule has 1 atom stereocenters. The Kier molecular flexibility index (Phi) is 4.57. The Balaban J connectivity index is 1.84. The highest BCUT2D eigenvalue weighted by Crippen LogP contribution is 2.23. The van der Waals surface area contributed by atoms with Gasteiger partial charge in [0.15, 0.2) is 6.39 Å². The summed E-state index contributed by atoms with van der Waals surface area (Å²) in [5.74, 6) is 1.98. The molecule has 3 aromatic rings. The van der Waals surface area contributed by atoms with Crippen molar-refractivity contribution in [3.8, 4) is 0 Å². The number of rotatable bonds is 5. The van der Waals surface area contributed by atoms with Gasteiger partial charge in [-0.25, -0.2) is 4.98 Å². The maximum Gasteiger partial charge on any atom is 0.181 e. The van der Waals surface area contributed by atoms with E-state index in [0.29, 0.717) is 11.5 Å². The molecule has 0 spiro atoms. The normalized spacial score (nSPS) is 12.9. The van der Waals surface area contributed by atoms with Gasteiger partial charge in [-0.05, 0) is 24.6 Å². The summed E-state index contributed by atoms with van der Waals surface area (Å²) >= 11 is 0. The van der Waals surface area contributed by atoms with Crippen molar-refractivity contribution in [2.75, 3.05) is 0 Å².